The van der Waals surface area contributed by atoms with Crippen LogP contribution in [0.4, 0.5) is 0 Å². The Balaban J connectivity index is 1.95. The van der Waals surface area contributed by atoms with Crippen molar-refractivity contribution in [1.29, 1.82) is 0 Å². The van der Waals surface area contributed by atoms with Gasteiger partial charge < -0.3 is 14.9 Å². The summed E-state index contributed by atoms with van der Waals surface area (Å²) in [5.74, 6) is 0.103. The van der Waals surface area contributed by atoms with Crippen LogP contribution in [0.3, 0.4) is 0 Å². The number of hydrogen-bond donors (Lipinski definition) is 2. The maximum absolute atomic E-state index is 12.2. The number of carbonyl (C=O) groups is 1. The van der Waals surface area contributed by atoms with Crippen molar-refractivity contribution in [3.63, 3.8) is 0 Å². The van der Waals surface area contributed by atoms with Gasteiger partial charge in [0.1, 0.15) is 11.2 Å². The number of hydrogen-bond acceptors (Lipinski definition) is 3. The van der Waals surface area contributed by atoms with Crippen molar-refractivity contribution in [2.24, 2.45) is 23.7 Å². The van der Waals surface area contributed by atoms with Gasteiger partial charge >= 0.3 is 5.97 Å². The minimum atomic E-state index is -1.05. The number of aliphatic hydroxyl groups is 1. The van der Waals surface area contributed by atoms with Crippen LogP contribution in [-0.4, -0.2) is 33.5 Å². The van der Waals surface area contributed by atoms with Gasteiger partial charge in [-0.15, -0.1) is 0 Å². The number of rotatable bonds is 7. The summed E-state index contributed by atoms with van der Waals surface area (Å²) in [6.07, 6.45) is 17.8. The summed E-state index contributed by atoms with van der Waals surface area (Å²) in [5, 5.41) is 20.9. The van der Waals surface area contributed by atoms with Crippen molar-refractivity contribution in [1.82, 2.24) is 0 Å². The third kappa shape index (κ3) is 4.00. The van der Waals surface area contributed by atoms with Gasteiger partial charge in [-0.25, -0.2) is 4.79 Å². The van der Waals surface area contributed by atoms with Gasteiger partial charge in [0.15, 0.2) is 0 Å². The molecule has 1 fully saturated rings. The average Bonchev–Trinajstić information content (AvgIpc) is 3.39. The Bertz CT molecular complexity index is 817. The third-order valence-electron chi connectivity index (χ3n) is 7.52. The van der Waals surface area contributed by atoms with E-state index < -0.39 is 17.2 Å². The minimum Gasteiger partial charge on any atom is -0.478 e. The second kappa shape index (κ2) is 8.68. The van der Waals surface area contributed by atoms with Gasteiger partial charge in [0.2, 0.25) is 0 Å². The molecule has 2 aliphatic carbocycles. The Kier molecular flexibility index (Phi) is 6.59. The summed E-state index contributed by atoms with van der Waals surface area (Å²) in [4.78, 5) is 10.6. The largest absolute Gasteiger partial charge is 0.478 e. The summed E-state index contributed by atoms with van der Waals surface area (Å²) in [5.41, 5.74) is 0.782. The van der Waals surface area contributed by atoms with Gasteiger partial charge in [-0.3, -0.25) is 0 Å². The van der Waals surface area contributed by atoms with E-state index in [0.717, 1.165) is 30.9 Å². The van der Waals surface area contributed by atoms with Crippen molar-refractivity contribution in [3.05, 3.63) is 59.8 Å². The van der Waals surface area contributed by atoms with Crippen LogP contribution in [0.15, 0.2) is 59.8 Å². The topological polar surface area (TPSA) is 70.1 Å². The van der Waals surface area contributed by atoms with E-state index in [2.05, 4.69) is 52.8 Å². The monoisotopic (exact) mass is 412 g/mol. The maximum atomic E-state index is 12.2. The molecule has 0 radical (unpaired) electrons. The van der Waals surface area contributed by atoms with Gasteiger partial charge in [0.05, 0.1) is 6.10 Å². The first-order valence-corrected chi connectivity index (χ1v) is 11.1. The SMILES string of the molecule is CCC(C)C1OC1(C)C1(O)C(C)=CC2CC(C)=CCC2C1C=CC=CC=CC(=O)O. The number of aliphatic carboxylic acids is 1. The molecule has 0 aromatic rings. The van der Waals surface area contributed by atoms with Crippen LogP contribution in [0, 0.1) is 23.7 Å². The molecule has 0 aromatic heterocycles. The first kappa shape index (κ1) is 22.8. The molecule has 1 heterocycles. The van der Waals surface area contributed by atoms with Gasteiger partial charge in [0.25, 0.3) is 0 Å². The Labute approximate surface area is 180 Å². The fourth-order valence-corrected chi connectivity index (χ4v) is 5.60. The zero-order valence-electron chi connectivity index (χ0n) is 18.8. The van der Waals surface area contributed by atoms with Crippen LogP contribution in [-0.2, 0) is 9.53 Å². The van der Waals surface area contributed by atoms with Crippen LogP contribution < -0.4 is 0 Å². The molecule has 4 nitrogen and oxygen atoms in total. The van der Waals surface area contributed by atoms with Crippen LogP contribution in [0.1, 0.15) is 53.9 Å². The highest BCUT2D eigenvalue weighted by atomic mass is 16.6. The summed E-state index contributed by atoms with van der Waals surface area (Å²) in [7, 11) is 0. The molecule has 1 aliphatic heterocycles. The molecule has 30 heavy (non-hydrogen) atoms. The Morgan fingerprint density at radius 1 is 1.30 bits per heavy atom. The van der Waals surface area contributed by atoms with Gasteiger partial charge in [0, 0.05) is 12.0 Å². The maximum Gasteiger partial charge on any atom is 0.328 e. The number of ether oxygens (including phenoxy) is 1. The second-order valence-electron chi connectivity index (χ2n) is 9.46. The zero-order valence-corrected chi connectivity index (χ0v) is 18.8. The highest BCUT2D eigenvalue weighted by Gasteiger charge is 2.70. The lowest BCUT2D eigenvalue weighted by Gasteiger charge is -2.50. The van der Waals surface area contributed by atoms with Gasteiger partial charge in [-0.1, -0.05) is 68.4 Å². The summed E-state index contributed by atoms with van der Waals surface area (Å²) < 4.78 is 6.24. The van der Waals surface area contributed by atoms with E-state index in [1.807, 2.05) is 12.2 Å². The standard InChI is InChI=1S/C26H36O4/c1-6-18(3)24-25(5,30-24)26(29)19(4)16-20-15-17(2)13-14-21(20)22(26)11-9-7-8-10-12-23(27)28/h7-13,16,18,20-22,24,29H,6,14-15H2,1-5H3,(H,27,28). The van der Waals surface area contributed by atoms with Crippen molar-refractivity contribution in [2.45, 2.75) is 71.2 Å². The lowest BCUT2D eigenvalue weighted by Crippen LogP contribution is -2.57. The van der Waals surface area contributed by atoms with Crippen LogP contribution in [0.25, 0.3) is 0 Å². The van der Waals surface area contributed by atoms with E-state index in [9.17, 15) is 9.90 Å². The molecule has 4 heteroatoms. The minimum absolute atomic E-state index is 0.0539. The highest BCUT2D eigenvalue weighted by molar-refractivity contribution is 5.80. The molecule has 0 aromatic carbocycles. The van der Waals surface area contributed by atoms with E-state index in [4.69, 9.17) is 9.84 Å². The molecule has 0 bridgehead atoms. The molecule has 164 valence electrons. The number of epoxide rings is 1. The molecule has 0 amide bonds. The zero-order chi connectivity index (χ0) is 22.1. The molecule has 3 aliphatic rings. The molecule has 2 N–H and O–H groups in total. The molecule has 0 spiro atoms. The Hall–Kier alpha value is -1.91. The van der Waals surface area contributed by atoms with E-state index in [1.54, 1.807) is 6.08 Å². The molecular formula is C26H36O4. The third-order valence-corrected chi connectivity index (χ3v) is 7.52. The molecule has 7 atom stereocenters. The molecular weight excluding hydrogens is 376 g/mol. The van der Waals surface area contributed by atoms with E-state index in [-0.39, 0.29) is 12.0 Å². The lowest BCUT2D eigenvalue weighted by atomic mass is 9.56. The fraction of sp³-hybridized carbons (Fsp3) is 0.577. The number of carboxylic acid groups (broad SMARTS) is 1. The van der Waals surface area contributed by atoms with Crippen LogP contribution >= 0.6 is 0 Å². The number of allylic oxidation sites excluding steroid dienone is 7. The van der Waals surface area contributed by atoms with E-state index in [0.29, 0.717) is 17.8 Å². The Morgan fingerprint density at radius 2 is 2.00 bits per heavy atom. The van der Waals surface area contributed by atoms with Crippen molar-refractivity contribution >= 4 is 5.97 Å². The summed E-state index contributed by atoms with van der Waals surface area (Å²) in [6.45, 7) is 10.7. The first-order valence-electron chi connectivity index (χ1n) is 11.1. The average molecular weight is 413 g/mol. The quantitative estimate of drug-likeness (QED) is 0.260. The summed E-state index contributed by atoms with van der Waals surface area (Å²) >= 11 is 0. The van der Waals surface area contributed by atoms with Gasteiger partial charge in [-0.05, 0) is 56.9 Å². The molecule has 7 unspecified atom stereocenters. The highest BCUT2D eigenvalue weighted by Crippen LogP contribution is 2.60. The van der Waals surface area contributed by atoms with Gasteiger partial charge in [-0.2, -0.15) is 0 Å². The molecule has 0 saturated carbocycles. The Morgan fingerprint density at radius 3 is 2.67 bits per heavy atom. The predicted octanol–water partition coefficient (Wildman–Crippen LogP) is 5.22. The second-order valence-corrected chi connectivity index (χ2v) is 9.46. The van der Waals surface area contributed by atoms with Crippen molar-refractivity contribution < 1.29 is 19.7 Å². The number of fused-ring (bicyclic) bond motifs is 1. The van der Waals surface area contributed by atoms with Crippen molar-refractivity contribution in [3.8, 4) is 0 Å². The predicted molar refractivity (Wildman–Crippen MR) is 120 cm³/mol. The van der Waals surface area contributed by atoms with E-state index >= 15 is 0 Å². The smallest absolute Gasteiger partial charge is 0.328 e. The van der Waals surface area contributed by atoms with Crippen LogP contribution in [0.2, 0.25) is 0 Å². The first-order chi connectivity index (χ1) is 14.1. The lowest BCUT2D eigenvalue weighted by molar-refractivity contribution is -0.131. The fourth-order valence-electron chi connectivity index (χ4n) is 5.60. The van der Waals surface area contributed by atoms with Crippen molar-refractivity contribution in [2.75, 3.05) is 0 Å². The molecule has 1 saturated heterocycles. The van der Waals surface area contributed by atoms with E-state index in [1.165, 1.54) is 11.6 Å². The normalized spacial score (nSPS) is 39.8. The molecule has 3 rings (SSSR count). The summed E-state index contributed by atoms with van der Waals surface area (Å²) in [6, 6.07) is 0. The number of carboxylic acids is 1. The van der Waals surface area contributed by atoms with Crippen LogP contribution in [0.5, 0.6) is 0 Å².